The highest BCUT2D eigenvalue weighted by molar-refractivity contribution is 5.75. The molecule has 1 aliphatic rings. The zero-order valence-electron chi connectivity index (χ0n) is 14.0. The molecule has 0 radical (unpaired) electrons. The fourth-order valence-corrected chi connectivity index (χ4v) is 3.21. The first kappa shape index (κ1) is 16.4. The molecule has 0 aliphatic carbocycles. The number of benzene rings is 2. The Bertz CT molecular complexity index is 710. The van der Waals surface area contributed by atoms with Gasteiger partial charge in [-0.15, -0.1) is 0 Å². The topological polar surface area (TPSA) is 44.8 Å². The van der Waals surface area contributed by atoms with Gasteiger partial charge in [0, 0.05) is 5.92 Å². The van der Waals surface area contributed by atoms with E-state index in [1.807, 2.05) is 42.5 Å². The molecule has 3 rings (SSSR count). The van der Waals surface area contributed by atoms with E-state index in [-0.39, 0.29) is 17.8 Å². The predicted octanol–water partition coefficient (Wildman–Crippen LogP) is 3.28. The minimum Gasteiger partial charge on any atom is -0.497 e. The third-order valence-electron chi connectivity index (χ3n) is 4.53. The van der Waals surface area contributed by atoms with Crippen LogP contribution in [0.3, 0.4) is 0 Å². The molecule has 2 atom stereocenters. The van der Waals surface area contributed by atoms with Crippen molar-refractivity contribution >= 4 is 5.97 Å². The zero-order chi connectivity index (χ0) is 16.9. The number of carbonyl (C=O) groups excluding carboxylic acids is 1. The second kappa shape index (κ2) is 7.39. The summed E-state index contributed by atoms with van der Waals surface area (Å²) in [6.45, 7) is 0.477. The number of rotatable bonds is 6. The van der Waals surface area contributed by atoms with Crippen molar-refractivity contribution in [2.75, 3.05) is 20.8 Å². The number of methoxy groups -OCH3 is 2. The van der Waals surface area contributed by atoms with Crippen LogP contribution in [0.4, 0.5) is 0 Å². The molecule has 0 bridgehead atoms. The van der Waals surface area contributed by atoms with Crippen molar-refractivity contribution in [2.45, 2.75) is 12.8 Å². The molecule has 0 amide bonds. The third-order valence-corrected chi connectivity index (χ3v) is 4.53. The molecule has 1 saturated heterocycles. The number of cyclic esters (lactones) is 1. The van der Waals surface area contributed by atoms with E-state index in [0.29, 0.717) is 13.0 Å². The standard InChI is InChI=1S/C20H22O4/c1-22-17-7-3-5-14(10-17)9-16-13-24-20(21)19(16)12-15-6-4-8-18(11-15)23-2/h3-8,10-11,16,19H,9,12-13H2,1-2H3/t16-,19+/m0/s1. The van der Waals surface area contributed by atoms with Crippen LogP contribution in [0, 0.1) is 11.8 Å². The molecular weight excluding hydrogens is 304 g/mol. The molecule has 0 saturated carbocycles. The van der Waals surface area contributed by atoms with Gasteiger partial charge < -0.3 is 14.2 Å². The largest absolute Gasteiger partial charge is 0.497 e. The second-order valence-electron chi connectivity index (χ2n) is 6.11. The molecule has 1 heterocycles. The number of carbonyl (C=O) groups is 1. The number of esters is 1. The van der Waals surface area contributed by atoms with Gasteiger partial charge in [0.05, 0.1) is 26.7 Å². The van der Waals surface area contributed by atoms with Crippen LogP contribution < -0.4 is 9.47 Å². The zero-order valence-corrected chi connectivity index (χ0v) is 14.0. The van der Waals surface area contributed by atoms with Crippen molar-refractivity contribution in [1.82, 2.24) is 0 Å². The van der Waals surface area contributed by atoms with Gasteiger partial charge in [0.1, 0.15) is 11.5 Å². The average molecular weight is 326 g/mol. The molecule has 0 unspecified atom stereocenters. The molecule has 24 heavy (non-hydrogen) atoms. The van der Waals surface area contributed by atoms with Gasteiger partial charge in [-0.3, -0.25) is 4.79 Å². The van der Waals surface area contributed by atoms with Crippen LogP contribution in [0.25, 0.3) is 0 Å². The number of ether oxygens (including phenoxy) is 3. The van der Waals surface area contributed by atoms with Crippen LogP contribution in [0.1, 0.15) is 11.1 Å². The highest BCUT2D eigenvalue weighted by Gasteiger charge is 2.36. The molecule has 0 aromatic heterocycles. The van der Waals surface area contributed by atoms with Gasteiger partial charge >= 0.3 is 5.97 Å². The molecule has 1 aliphatic heterocycles. The lowest BCUT2D eigenvalue weighted by Crippen LogP contribution is -2.20. The first-order valence-electron chi connectivity index (χ1n) is 8.12. The Morgan fingerprint density at radius 1 is 0.958 bits per heavy atom. The lowest BCUT2D eigenvalue weighted by Gasteiger charge is -2.16. The van der Waals surface area contributed by atoms with Gasteiger partial charge in [-0.05, 0) is 48.2 Å². The summed E-state index contributed by atoms with van der Waals surface area (Å²) in [7, 11) is 3.31. The van der Waals surface area contributed by atoms with Crippen LogP contribution in [0.15, 0.2) is 48.5 Å². The smallest absolute Gasteiger partial charge is 0.309 e. The second-order valence-corrected chi connectivity index (χ2v) is 6.11. The quantitative estimate of drug-likeness (QED) is 0.764. The maximum Gasteiger partial charge on any atom is 0.309 e. The maximum absolute atomic E-state index is 12.2. The molecular formula is C20H22O4. The Kier molecular flexibility index (Phi) is 5.04. The highest BCUT2D eigenvalue weighted by Crippen LogP contribution is 2.30. The van der Waals surface area contributed by atoms with E-state index < -0.39 is 0 Å². The summed E-state index contributed by atoms with van der Waals surface area (Å²) in [5.41, 5.74) is 2.25. The van der Waals surface area contributed by atoms with Crippen LogP contribution in [-0.2, 0) is 22.4 Å². The summed E-state index contributed by atoms with van der Waals surface area (Å²) >= 11 is 0. The normalized spacial score (nSPS) is 19.8. The summed E-state index contributed by atoms with van der Waals surface area (Å²) < 4.78 is 15.9. The maximum atomic E-state index is 12.2. The van der Waals surface area contributed by atoms with E-state index in [9.17, 15) is 4.79 Å². The summed E-state index contributed by atoms with van der Waals surface area (Å²) in [5.74, 6) is 1.59. The lowest BCUT2D eigenvalue weighted by atomic mass is 9.85. The Balaban J connectivity index is 1.73. The molecule has 1 fully saturated rings. The van der Waals surface area contributed by atoms with Crippen LogP contribution in [0.5, 0.6) is 11.5 Å². The summed E-state index contributed by atoms with van der Waals surface area (Å²) in [5, 5.41) is 0. The molecule has 0 N–H and O–H groups in total. The fourth-order valence-electron chi connectivity index (χ4n) is 3.21. The van der Waals surface area contributed by atoms with E-state index in [1.165, 1.54) is 0 Å². The molecule has 4 nitrogen and oxygen atoms in total. The van der Waals surface area contributed by atoms with Gasteiger partial charge in [-0.1, -0.05) is 24.3 Å². The number of hydrogen-bond acceptors (Lipinski definition) is 4. The highest BCUT2D eigenvalue weighted by atomic mass is 16.5. The van der Waals surface area contributed by atoms with Crippen molar-refractivity contribution in [1.29, 1.82) is 0 Å². The minimum atomic E-state index is -0.122. The van der Waals surface area contributed by atoms with Crippen LogP contribution in [0.2, 0.25) is 0 Å². The van der Waals surface area contributed by atoms with Gasteiger partial charge in [-0.2, -0.15) is 0 Å². The molecule has 2 aromatic carbocycles. The van der Waals surface area contributed by atoms with Gasteiger partial charge in [0.2, 0.25) is 0 Å². The van der Waals surface area contributed by atoms with Gasteiger partial charge in [0.15, 0.2) is 0 Å². The first-order valence-corrected chi connectivity index (χ1v) is 8.12. The molecule has 4 heteroatoms. The van der Waals surface area contributed by atoms with Gasteiger partial charge in [0.25, 0.3) is 0 Å². The molecule has 2 aromatic rings. The van der Waals surface area contributed by atoms with Crippen molar-refractivity contribution < 1.29 is 19.0 Å². The van der Waals surface area contributed by atoms with E-state index in [0.717, 1.165) is 29.0 Å². The third kappa shape index (κ3) is 3.70. The van der Waals surface area contributed by atoms with Crippen molar-refractivity contribution in [2.24, 2.45) is 11.8 Å². The average Bonchev–Trinajstić information content (AvgIpc) is 2.95. The van der Waals surface area contributed by atoms with E-state index >= 15 is 0 Å². The van der Waals surface area contributed by atoms with E-state index in [4.69, 9.17) is 14.2 Å². The van der Waals surface area contributed by atoms with Gasteiger partial charge in [-0.25, -0.2) is 0 Å². The summed E-state index contributed by atoms with van der Waals surface area (Å²) in [4.78, 5) is 12.2. The number of hydrogen-bond donors (Lipinski definition) is 0. The van der Waals surface area contributed by atoms with Crippen molar-refractivity contribution in [3.05, 3.63) is 59.7 Å². The van der Waals surface area contributed by atoms with E-state index in [1.54, 1.807) is 14.2 Å². The predicted molar refractivity (Wildman–Crippen MR) is 91.3 cm³/mol. The first-order chi connectivity index (χ1) is 11.7. The van der Waals surface area contributed by atoms with Crippen molar-refractivity contribution in [3.63, 3.8) is 0 Å². The SMILES string of the molecule is COc1cccc(C[C@H]2COC(=O)[C@@H]2Cc2cccc(OC)c2)c1. The minimum absolute atomic E-state index is 0.106. The fraction of sp³-hybridized carbons (Fsp3) is 0.350. The molecule has 126 valence electrons. The van der Waals surface area contributed by atoms with E-state index in [2.05, 4.69) is 6.07 Å². The lowest BCUT2D eigenvalue weighted by molar-refractivity contribution is -0.141. The summed E-state index contributed by atoms with van der Waals surface area (Å²) in [6.07, 6.45) is 1.47. The van der Waals surface area contributed by atoms with Crippen molar-refractivity contribution in [3.8, 4) is 11.5 Å². The Morgan fingerprint density at radius 2 is 1.54 bits per heavy atom. The summed E-state index contributed by atoms with van der Waals surface area (Å²) in [6, 6.07) is 15.8. The molecule has 0 spiro atoms. The Morgan fingerprint density at radius 3 is 2.12 bits per heavy atom. The van der Waals surface area contributed by atoms with Crippen LogP contribution in [-0.4, -0.2) is 26.8 Å². The Labute approximate surface area is 142 Å². The van der Waals surface area contributed by atoms with Crippen LogP contribution >= 0.6 is 0 Å². The monoisotopic (exact) mass is 326 g/mol. The Hall–Kier alpha value is -2.49.